The van der Waals surface area contributed by atoms with Gasteiger partial charge in [-0.2, -0.15) is 0 Å². The van der Waals surface area contributed by atoms with Gasteiger partial charge in [0.1, 0.15) is 23.0 Å². The summed E-state index contributed by atoms with van der Waals surface area (Å²) < 4.78 is 28.5. The topological polar surface area (TPSA) is 97.1 Å². The van der Waals surface area contributed by atoms with Gasteiger partial charge < -0.3 is 23.4 Å². The van der Waals surface area contributed by atoms with Crippen molar-refractivity contribution < 1.29 is 33.0 Å². The lowest BCUT2D eigenvalue weighted by Gasteiger charge is -2.08. The van der Waals surface area contributed by atoms with E-state index in [1.54, 1.807) is 103 Å². The molecule has 8 nitrogen and oxygen atoms in total. The standard InChI is InChI=1S/C39H39NO7/c1-3-5-7-25-43-32-17-13-30(14-18-32)38(41)45-34-21-9-28(10-22-34)36-27-40-37(47-36)29-11-23-35(24-12-29)46-39(42)31-15-19-33(20-16-31)44-26-8-6-4-2/h9-24,27H,3-8,25-26H2,1-2H3. The first-order chi connectivity index (χ1) is 23.0. The van der Waals surface area contributed by atoms with Gasteiger partial charge in [0.25, 0.3) is 0 Å². The van der Waals surface area contributed by atoms with Gasteiger partial charge in [0.15, 0.2) is 5.76 Å². The summed E-state index contributed by atoms with van der Waals surface area (Å²) in [7, 11) is 0. The molecule has 0 saturated carbocycles. The van der Waals surface area contributed by atoms with Crippen LogP contribution in [0.25, 0.3) is 22.8 Å². The molecule has 0 aliphatic heterocycles. The molecule has 0 bridgehead atoms. The van der Waals surface area contributed by atoms with Crippen LogP contribution in [0.15, 0.2) is 108 Å². The third-order valence-corrected chi connectivity index (χ3v) is 7.38. The lowest BCUT2D eigenvalue weighted by atomic mass is 10.2. The zero-order valence-corrected chi connectivity index (χ0v) is 26.8. The summed E-state index contributed by atoms with van der Waals surface area (Å²) in [4.78, 5) is 29.7. The van der Waals surface area contributed by atoms with Crippen molar-refractivity contribution in [3.63, 3.8) is 0 Å². The van der Waals surface area contributed by atoms with Gasteiger partial charge in [-0.25, -0.2) is 14.6 Å². The molecule has 1 heterocycles. The minimum Gasteiger partial charge on any atom is -0.494 e. The number of aromatic nitrogens is 1. The Bertz CT molecular complexity index is 1580. The monoisotopic (exact) mass is 633 g/mol. The highest BCUT2D eigenvalue weighted by Crippen LogP contribution is 2.29. The number of ether oxygens (including phenoxy) is 4. The van der Waals surface area contributed by atoms with Gasteiger partial charge in [-0.15, -0.1) is 0 Å². The number of carbonyl (C=O) groups excluding carboxylic acids is 2. The molecule has 0 fully saturated rings. The Morgan fingerprint density at radius 2 is 0.979 bits per heavy atom. The van der Waals surface area contributed by atoms with E-state index in [0.717, 1.165) is 61.2 Å². The Hall–Kier alpha value is -5.37. The van der Waals surface area contributed by atoms with Gasteiger partial charge in [0.2, 0.25) is 5.89 Å². The van der Waals surface area contributed by atoms with Crippen LogP contribution in [0.3, 0.4) is 0 Å². The van der Waals surface area contributed by atoms with E-state index in [-0.39, 0.29) is 0 Å². The predicted molar refractivity (Wildman–Crippen MR) is 180 cm³/mol. The van der Waals surface area contributed by atoms with E-state index in [9.17, 15) is 9.59 Å². The summed E-state index contributed by atoms with van der Waals surface area (Å²) in [5.74, 6) is 2.34. The van der Waals surface area contributed by atoms with Gasteiger partial charge in [-0.1, -0.05) is 39.5 Å². The second-order valence-electron chi connectivity index (χ2n) is 11.0. The molecular formula is C39H39NO7. The van der Waals surface area contributed by atoms with Crippen LogP contribution in [0.2, 0.25) is 0 Å². The molecule has 0 atom stereocenters. The van der Waals surface area contributed by atoms with E-state index in [4.69, 9.17) is 23.4 Å². The van der Waals surface area contributed by atoms with Crippen LogP contribution in [0.1, 0.15) is 73.1 Å². The van der Waals surface area contributed by atoms with Crippen molar-refractivity contribution in [1.29, 1.82) is 0 Å². The summed E-state index contributed by atoms with van der Waals surface area (Å²) >= 11 is 0. The summed E-state index contributed by atoms with van der Waals surface area (Å²) in [5, 5.41) is 0. The average Bonchev–Trinajstić information content (AvgIpc) is 3.60. The largest absolute Gasteiger partial charge is 0.494 e. The predicted octanol–water partition coefficient (Wildman–Crippen LogP) is 9.58. The van der Waals surface area contributed by atoms with Crippen LogP contribution >= 0.6 is 0 Å². The van der Waals surface area contributed by atoms with Crippen LogP contribution in [-0.2, 0) is 0 Å². The minimum absolute atomic E-state index is 0.405. The van der Waals surface area contributed by atoms with Crippen molar-refractivity contribution >= 4 is 11.9 Å². The molecule has 47 heavy (non-hydrogen) atoms. The highest BCUT2D eigenvalue weighted by atomic mass is 16.5. The Morgan fingerprint density at radius 3 is 1.43 bits per heavy atom. The first-order valence-corrected chi connectivity index (χ1v) is 16.1. The fourth-order valence-electron chi connectivity index (χ4n) is 4.68. The number of carbonyl (C=O) groups is 2. The average molecular weight is 634 g/mol. The normalized spacial score (nSPS) is 10.8. The van der Waals surface area contributed by atoms with Gasteiger partial charge in [0, 0.05) is 11.1 Å². The Balaban J connectivity index is 1.12. The van der Waals surface area contributed by atoms with Gasteiger partial charge in [-0.05, 0) is 110 Å². The van der Waals surface area contributed by atoms with Gasteiger partial charge in [0.05, 0.1) is 30.5 Å². The molecule has 4 aromatic carbocycles. The number of esters is 2. The van der Waals surface area contributed by atoms with Gasteiger partial charge >= 0.3 is 11.9 Å². The molecule has 0 spiro atoms. The zero-order valence-electron chi connectivity index (χ0n) is 26.8. The first-order valence-electron chi connectivity index (χ1n) is 16.1. The molecule has 5 rings (SSSR count). The number of hydrogen-bond donors (Lipinski definition) is 0. The summed E-state index contributed by atoms with van der Waals surface area (Å²) in [6.45, 7) is 5.61. The summed E-state index contributed by atoms with van der Waals surface area (Å²) in [6, 6.07) is 27.8. The molecule has 0 amide bonds. The van der Waals surface area contributed by atoms with E-state index in [1.165, 1.54) is 0 Å². The minimum atomic E-state index is -0.455. The van der Waals surface area contributed by atoms with Crippen LogP contribution < -0.4 is 18.9 Å². The van der Waals surface area contributed by atoms with Crippen LogP contribution in [0.5, 0.6) is 23.0 Å². The molecule has 0 aliphatic carbocycles. The second-order valence-corrected chi connectivity index (χ2v) is 11.0. The summed E-state index contributed by atoms with van der Waals surface area (Å²) in [6.07, 6.45) is 8.17. The van der Waals surface area contributed by atoms with Crippen LogP contribution in [0.4, 0.5) is 0 Å². The number of benzene rings is 4. The van der Waals surface area contributed by atoms with Crippen LogP contribution in [-0.4, -0.2) is 30.1 Å². The highest BCUT2D eigenvalue weighted by Gasteiger charge is 2.13. The van der Waals surface area contributed by atoms with Crippen molar-refractivity contribution in [3.05, 3.63) is 114 Å². The lowest BCUT2D eigenvalue weighted by molar-refractivity contribution is 0.0725. The van der Waals surface area contributed by atoms with Crippen molar-refractivity contribution in [3.8, 4) is 45.8 Å². The number of hydrogen-bond acceptors (Lipinski definition) is 8. The molecule has 0 radical (unpaired) electrons. The maximum Gasteiger partial charge on any atom is 0.343 e. The van der Waals surface area contributed by atoms with Crippen LogP contribution in [0, 0.1) is 0 Å². The molecule has 5 aromatic rings. The summed E-state index contributed by atoms with van der Waals surface area (Å²) in [5.41, 5.74) is 2.37. The number of oxazole rings is 1. The van der Waals surface area contributed by atoms with Crippen molar-refractivity contribution in [2.45, 2.75) is 52.4 Å². The molecule has 8 heteroatoms. The first kappa shape index (κ1) is 33.0. The molecule has 242 valence electrons. The fraction of sp³-hybridized carbons (Fsp3) is 0.256. The molecule has 0 saturated heterocycles. The highest BCUT2D eigenvalue weighted by molar-refractivity contribution is 5.91. The van der Waals surface area contributed by atoms with Gasteiger partial charge in [-0.3, -0.25) is 0 Å². The van der Waals surface area contributed by atoms with E-state index in [2.05, 4.69) is 18.8 Å². The van der Waals surface area contributed by atoms with Crippen molar-refractivity contribution in [1.82, 2.24) is 4.98 Å². The third-order valence-electron chi connectivity index (χ3n) is 7.38. The number of rotatable bonds is 16. The van der Waals surface area contributed by atoms with Crippen molar-refractivity contribution in [2.24, 2.45) is 0 Å². The Morgan fingerprint density at radius 1 is 0.553 bits per heavy atom. The molecule has 0 unspecified atom stereocenters. The number of unbranched alkanes of at least 4 members (excludes halogenated alkanes) is 4. The molecule has 0 N–H and O–H groups in total. The zero-order chi connectivity index (χ0) is 32.8. The molecule has 0 aliphatic rings. The quantitative estimate of drug-likeness (QED) is 0.0602. The number of nitrogens with zero attached hydrogens (tertiary/aromatic N) is 1. The second kappa shape index (κ2) is 16.8. The maximum atomic E-state index is 12.6. The SMILES string of the molecule is CCCCCOc1ccc(C(=O)Oc2ccc(-c3cnc(-c4ccc(OC(=O)c5ccc(OCCCCC)cc5)cc4)o3)cc2)cc1. The van der Waals surface area contributed by atoms with E-state index < -0.39 is 11.9 Å². The molecule has 1 aromatic heterocycles. The smallest absolute Gasteiger partial charge is 0.343 e. The van der Waals surface area contributed by atoms with E-state index >= 15 is 0 Å². The Kier molecular flexibility index (Phi) is 11.8. The molecular weight excluding hydrogens is 594 g/mol. The maximum absolute atomic E-state index is 12.6. The Labute approximate surface area is 275 Å². The fourth-order valence-corrected chi connectivity index (χ4v) is 4.68. The van der Waals surface area contributed by atoms with Crippen molar-refractivity contribution in [2.75, 3.05) is 13.2 Å². The lowest BCUT2D eigenvalue weighted by Crippen LogP contribution is -2.08. The van der Waals surface area contributed by atoms with E-state index in [1.807, 2.05) is 0 Å². The third kappa shape index (κ3) is 9.56. The van der Waals surface area contributed by atoms with E-state index in [0.29, 0.717) is 47.5 Å².